The Labute approximate surface area is 188 Å². The maximum atomic E-state index is 12.6. The van der Waals surface area contributed by atoms with Crippen molar-refractivity contribution in [3.63, 3.8) is 0 Å². The van der Waals surface area contributed by atoms with E-state index in [-0.39, 0.29) is 5.91 Å². The third kappa shape index (κ3) is 5.65. The standard InChI is InChI=1S/C25H26N4O3/c1-25(2,3)32-24(31)29-12-11-22(29)23(30)28-21(16-27)14-17-7-9-19(10-8-17)20-6-4-5-18(13-20)15-26/h4-10,13,21-22H,11-12,14H2,1-3H3,(H,28,30). The molecule has 7 nitrogen and oxygen atoms in total. The third-order valence-corrected chi connectivity index (χ3v) is 5.14. The summed E-state index contributed by atoms with van der Waals surface area (Å²) in [7, 11) is 0. The van der Waals surface area contributed by atoms with Crippen molar-refractivity contribution in [3.05, 3.63) is 59.7 Å². The van der Waals surface area contributed by atoms with Gasteiger partial charge in [0.05, 0.1) is 17.7 Å². The number of likely N-dealkylation sites (tertiary alicyclic amines) is 1. The van der Waals surface area contributed by atoms with Crippen LogP contribution in [0.2, 0.25) is 0 Å². The fourth-order valence-electron chi connectivity index (χ4n) is 3.43. The largest absolute Gasteiger partial charge is 0.444 e. The van der Waals surface area contributed by atoms with Crippen molar-refractivity contribution < 1.29 is 14.3 Å². The van der Waals surface area contributed by atoms with Crippen molar-refractivity contribution in [1.29, 1.82) is 10.5 Å². The minimum atomic E-state index is -0.712. The molecule has 3 rings (SSSR count). The van der Waals surface area contributed by atoms with Crippen LogP contribution in [-0.2, 0) is 16.0 Å². The molecule has 2 amide bonds. The van der Waals surface area contributed by atoms with E-state index in [9.17, 15) is 14.9 Å². The Kier molecular flexibility index (Phi) is 6.80. The fraction of sp³-hybridized carbons (Fsp3) is 0.360. The summed E-state index contributed by atoms with van der Waals surface area (Å²) in [6.07, 6.45) is 0.369. The van der Waals surface area contributed by atoms with E-state index in [1.54, 1.807) is 26.8 Å². The van der Waals surface area contributed by atoms with Crippen molar-refractivity contribution >= 4 is 12.0 Å². The number of nitrogens with zero attached hydrogens (tertiary/aromatic N) is 3. The summed E-state index contributed by atoms with van der Waals surface area (Å²) in [5.74, 6) is -0.349. The molecule has 0 bridgehead atoms. The summed E-state index contributed by atoms with van der Waals surface area (Å²) in [4.78, 5) is 26.2. The summed E-state index contributed by atoms with van der Waals surface area (Å²) >= 11 is 0. The van der Waals surface area contributed by atoms with Gasteiger partial charge in [-0.1, -0.05) is 36.4 Å². The number of nitrogens with one attached hydrogen (secondary N) is 1. The van der Waals surface area contributed by atoms with Gasteiger partial charge in [-0.05, 0) is 56.0 Å². The number of nitriles is 2. The first-order chi connectivity index (χ1) is 15.2. The normalized spacial score (nSPS) is 16.2. The van der Waals surface area contributed by atoms with Gasteiger partial charge < -0.3 is 10.1 Å². The van der Waals surface area contributed by atoms with Gasteiger partial charge in [0.25, 0.3) is 0 Å². The van der Waals surface area contributed by atoms with Gasteiger partial charge in [0.2, 0.25) is 5.91 Å². The molecule has 1 heterocycles. The van der Waals surface area contributed by atoms with E-state index >= 15 is 0 Å². The molecule has 0 radical (unpaired) electrons. The van der Waals surface area contributed by atoms with Gasteiger partial charge in [-0.15, -0.1) is 0 Å². The molecular weight excluding hydrogens is 404 g/mol. The number of carbonyl (C=O) groups excluding carboxylic acids is 2. The second-order valence-corrected chi connectivity index (χ2v) is 8.76. The summed E-state index contributed by atoms with van der Waals surface area (Å²) < 4.78 is 5.34. The second-order valence-electron chi connectivity index (χ2n) is 8.76. The van der Waals surface area contributed by atoms with E-state index in [1.807, 2.05) is 42.5 Å². The predicted molar refractivity (Wildman–Crippen MR) is 119 cm³/mol. The summed E-state index contributed by atoms with van der Waals surface area (Å²) in [6, 6.07) is 17.9. The first-order valence-corrected chi connectivity index (χ1v) is 10.5. The lowest BCUT2D eigenvalue weighted by molar-refractivity contribution is -0.130. The molecule has 1 N–H and O–H groups in total. The number of rotatable bonds is 5. The Hall–Kier alpha value is -3.84. The lowest BCUT2D eigenvalue weighted by Crippen LogP contribution is -2.60. The molecule has 0 aromatic heterocycles. The first-order valence-electron chi connectivity index (χ1n) is 10.5. The molecule has 2 aromatic carbocycles. The average Bonchev–Trinajstić information content (AvgIpc) is 2.71. The van der Waals surface area contributed by atoms with Gasteiger partial charge in [-0.25, -0.2) is 4.79 Å². The topological polar surface area (TPSA) is 106 Å². The van der Waals surface area contributed by atoms with Gasteiger partial charge in [0, 0.05) is 13.0 Å². The van der Waals surface area contributed by atoms with Crippen LogP contribution in [0.3, 0.4) is 0 Å². The second kappa shape index (κ2) is 9.53. The van der Waals surface area contributed by atoms with Crippen LogP contribution in [0.4, 0.5) is 4.79 Å². The van der Waals surface area contributed by atoms with Crippen molar-refractivity contribution in [3.8, 4) is 23.3 Å². The zero-order chi connectivity index (χ0) is 23.3. The SMILES string of the molecule is CC(C)(C)OC(=O)N1CCC1C(=O)NC(C#N)Cc1ccc(-c2cccc(C#N)c2)cc1. The van der Waals surface area contributed by atoms with Crippen LogP contribution < -0.4 is 5.32 Å². The number of hydrogen-bond donors (Lipinski definition) is 1. The number of amides is 2. The lowest BCUT2D eigenvalue weighted by atomic mass is 9.99. The van der Waals surface area contributed by atoms with Gasteiger partial charge in [0.15, 0.2) is 0 Å². The van der Waals surface area contributed by atoms with Crippen LogP contribution in [0.1, 0.15) is 38.3 Å². The van der Waals surface area contributed by atoms with Crippen molar-refractivity contribution in [2.75, 3.05) is 6.54 Å². The smallest absolute Gasteiger partial charge is 0.410 e. The predicted octanol–water partition coefficient (Wildman–Crippen LogP) is 3.79. The first kappa shape index (κ1) is 22.8. The molecule has 0 saturated carbocycles. The van der Waals surface area contributed by atoms with Gasteiger partial charge in [-0.2, -0.15) is 10.5 Å². The highest BCUT2D eigenvalue weighted by molar-refractivity contribution is 5.87. The Morgan fingerprint density at radius 3 is 2.44 bits per heavy atom. The molecular formula is C25H26N4O3. The fourth-order valence-corrected chi connectivity index (χ4v) is 3.43. The molecule has 1 aliphatic rings. The van der Waals surface area contributed by atoms with Crippen LogP contribution in [0, 0.1) is 22.7 Å². The maximum Gasteiger partial charge on any atom is 0.410 e. The van der Waals surface area contributed by atoms with Crippen molar-refractivity contribution in [2.45, 2.75) is 51.3 Å². The molecule has 164 valence electrons. The van der Waals surface area contributed by atoms with Gasteiger partial charge >= 0.3 is 6.09 Å². The number of ether oxygens (including phenoxy) is 1. The quantitative estimate of drug-likeness (QED) is 0.777. The molecule has 1 saturated heterocycles. The van der Waals surface area contributed by atoms with E-state index in [2.05, 4.69) is 17.5 Å². The minimum Gasteiger partial charge on any atom is -0.444 e. The molecule has 2 unspecified atom stereocenters. The average molecular weight is 431 g/mol. The molecule has 1 fully saturated rings. The zero-order valence-corrected chi connectivity index (χ0v) is 18.5. The van der Waals surface area contributed by atoms with E-state index in [4.69, 9.17) is 10.00 Å². The molecule has 7 heteroatoms. The van der Waals surface area contributed by atoms with E-state index in [0.29, 0.717) is 24.9 Å². The molecule has 1 aliphatic heterocycles. The number of carbonyl (C=O) groups is 2. The van der Waals surface area contributed by atoms with E-state index in [1.165, 1.54) is 4.90 Å². The zero-order valence-electron chi connectivity index (χ0n) is 18.5. The Bertz CT molecular complexity index is 1070. The molecule has 2 atom stereocenters. The number of benzene rings is 2. The lowest BCUT2D eigenvalue weighted by Gasteiger charge is -2.40. The summed E-state index contributed by atoms with van der Waals surface area (Å²) in [5, 5.41) is 21.3. The van der Waals surface area contributed by atoms with Gasteiger partial charge in [0.1, 0.15) is 17.7 Å². The maximum absolute atomic E-state index is 12.6. The van der Waals surface area contributed by atoms with Crippen molar-refractivity contribution in [2.24, 2.45) is 0 Å². The third-order valence-electron chi connectivity index (χ3n) is 5.14. The monoisotopic (exact) mass is 430 g/mol. The van der Waals surface area contributed by atoms with Crippen LogP contribution in [0.15, 0.2) is 48.5 Å². The molecule has 32 heavy (non-hydrogen) atoms. The van der Waals surface area contributed by atoms with Gasteiger partial charge in [-0.3, -0.25) is 9.69 Å². The Morgan fingerprint density at radius 2 is 1.88 bits per heavy atom. The summed E-state index contributed by atoms with van der Waals surface area (Å²) in [6.45, 7) is 5.78. The van der Waals surface area contributed by atoms with E-state index in [0.717, 1.165) is 16.7 Å². The van der Waals surface area contributed by atoms with Crippen LogP contribution >= 0.6 is 0 Å². The Morgan fingerprint density at radius 1 is 1.16 bits per heavy atom. The van der Waals surface area contributed by atoms with E-state index < -0.39 is 23.8 Å². The van der Waals surface area contributed by atoms with Crippen LogP contribution in [0.25, 0.3) is 11.1 Å². The minimum absolute atomic E-state index is 0.347. The summed E-state index contributed by atoms with van der Waals surface area (Å²) in [5.41, 5.74) is 2.76. The highest BCUT2D eigenvalue weighted by Gasteiger charge is 2.40. The molecule has 0 spiro atoms. The Balaban J connectivity index is 1.60. The molecule has 0 aliphatic carbocycles. The van der Waals surface area contributed by atoms with Crippen molar-refractivity contribution in [1.82, 2.24) is 10.2 Å². The van der Waals surface area contributed by atoms with Crippen LogP contribution in [-0.4, -0.2) is 41.1 Å². The van der Waals surface area contributed by atoms with Crippen LogP contribution in [0.5, 0.6) is 0 Å². The highest BCUT2D eigenvalue weighted by Crippen LogP contribution is 2.23. The number of hydrogen-bond acceptors (Lipinski definition) is 5. The molecule has 2 aromatic rings. The highest BCUT2D eigenvalue weighted by atomic mass is 16.6.